The van der Waals surface area contributed by atoms with Crippen LogP contribution < -0.4 is 5.32 Å². The maximum Gasteiger partial charge on any atom is 0.224 e. The van der Waals surface area contributed by atoms with Gasteiger partial charge in [0.05, 0.1) is 0 Å². The lowest BCUT2D eigenvalue weighted by atomic mass is 10.1. The fourth-order valence-corrected chi connectivity index (χ4v) is 3.52. The molecule has 2 fully saturated rings. The number of rotatable bonds is 4. The summed E-state index contributed by atoms with van der Waals surface area (Å²) in [5, 5.41) is 12.3. The number of likely N-dealkylation sites (tertiary alicyclic amines) is 1. The summed E-state index contributed by atoms with van der Waals surface area (Å²) in [6.45, 7) is 2.99. The van der Waals surface area contributed by atoms with Crippen molar-refractivity contribution in [3.05, 3.63) is 0 Å². The summed E-state index contributed by atoms with van der Waals surface area (Å²) in [7, 11) is 0. The van der Waals surface area contributed by atoms with Crippen LogP contribution in [-0.4, -0.2) is 59.7 Å². The number of amides is 1. The molecule has 0 aromatic heterocycles. The molecular formula is C12H22N2O2S. The smallest absolute Gasteiger partial charge is 0.224 e. The van der Waals surface area contributed by atoms with E-state index in [1.165, 1.54) is 0 Å². The van der Waals surface area contributed by atoms with Gasteiger partial charge in [-0.2, -0.15) is 11.8 Å². The van der Waals surface area contributed by atoms with Crippen molar-refractivity contribution in [2.24, 2.45) is 5.92 Å². The van der Waals surface area contributed by atoms with Crippen LogP contribution in [0.3, 0.4) is 0 Å². The van der Waals surface area contributed by atoms with Gasteiger partial charge in [0.1, 0.15) is 0 Å². The first-order chi connectivity index (χ1) is 8.29. The first-order valence-electron chi connectivity index (χ1n) is 6.49. The van der Waals surface area contributed by atoms with Crippen molar-refractivity contribution >= 4 is 17.7 Å². The Morgan fingerprint density at radius 3 is 3.12 bits per heavy atom. The molecule has 1 amide bonds. The fraction of sp³-hybridized carbons (Fsp3) is 0.917. The minimum Gasteiger partial charge on any atom is -0.396 e. The molecule has 2 N–H and O–H groups in total. The quantitative estimate of drug-likeness (QED) is 0.762. The first-order valence-corrected chi connectivity index (χ1v) is 7.65. The van der Waals surface area contributed by atoms with E-state index in [1.54, 1.807) is 0 Å². The second-order valence-electron chi connectivity index (χ2n) is 4.94. The summed E-state index contributed by atoms with van der Waals surface area (Å²) in [6, 6.07) is 0.359. The van der Waals surface area contributed by atoms with Gasteiger partial charge in [-0.3, -0.25) is 4.79 Å². The number of aliphatic hydroxyl groups excluding tert-OH is 1. The van der Waals surface area contributed by atoms with Gasteiger partial charge in [0.2, 0.25) is 5.91 Å². The van der Waals surface area contributed by atoms with Crippen LogP contribution in [-0.2, 0) is 4.79 Å². The molecule has 0 radical (unpaired) electrons. The molecule has 2 aliphatic heterocycles. The minimum absolute atomic E-state index is 0.244. The summed E-state index contributed by atoms with van der Waals surface area (Å²) >= 11 is 1.93. The third-order valence-electron chi connectivity index (χ3n) is 3.60. The van der Waals surface area contributed by atoms with Crippen LogP contribution >= 0.6 is 11.8 Å². The van der Waals surface area contributed by atoms with Crippen molar-refractivity contribution in [3.8, 4) is 0 Å². The van der Waals surface area contributed by atoms with Crippen molar-refractivity contribution in [2.75, 3.05) is 37.7 Å². The molecule has 2 heterocycles. The summed E-state index contributed by atoms with van der Waals surface area (Å²) in [5.74, 6) is 3.01. The number of nitrogens with one attached hydrogen (secondary N) is 1. The van der Waals surface area contributed by atoms with E-state index in [1.807, 2.05) is 16.7 Å². The molecule has 17 heavy (non-hydrogen) atoms. The van der Waals surface area contributed by atoms with Crippen LogP contribution in [0.4, 0.5) is 0 Å². The number of aliphatic hydroxyl groups is 1. The van der Waals surface area contributed by atoms with Gasteiger partial charge in [0, 0.05) is 50.2 Å². The standard InChI is InChI=1S/C12H22N2O2S/c15-5-2-10-1-4-14(8-10)12(16)7-11-9-17-6-3-13-11/h10-11,13,15H,1-9H2. The Bertz CT molecular complexity index is 257. The van der Waals surface area contributed by atoms with Crippen LogP contribution in [0.1, 0.15) is 19.3 Å². The van der Waals surface area contributed by atoms with E-state index in [2.05, 4.69) is 5.32 Å². The van der Waals surface area contributed by atoms with E-state index in [-0.39, 0.29) is 12.5 Å². The number of nitrogens with zero attached hydrogens (tertiary/aromatic N) is 1. The maximum absolute atomic E-state index is 12.1. The van der Waals surface area contributed by atoms with E-state index in [0.717, 1.165) is 44.0 Å². The average Bonchev–Trinajstić information content (AvgIpc) is 2.79. The highest BCUT2D eigenvalue weighted by atomic mass is 32.2. The van der Waals surface area contributed by atoms with Crippen LogP contribution in [0.25, 0.3) is 0 Å². The van der Waals surface area contributed by atoms with Gasteiger partial charge in [-0.1, -0.05) is 0 Å². The number of thioether (sulfide) groups is 1. The lowest BCUT2D eigenvalue weighted by Crippen LogP contribution is -2.42. The van der Waals surface area contributed by atoms with E-state index in [4.69, 9.17) is 5.11 Å². The van der Waals surface area contributed by atoms with Gasteiger partial charge < -0.3 is 15.3 Å². The van der Waals surface area contributed by atoms with E-state index >= 15 is 0 Å². The zero-order valence-electron chi connectivity index (χ0n) is 10.2. The summed E-state index contributed by atoms with van der Waals surface area (Å²) in [6.07, 6.45) is 2.53. The van der Waals surface area contributed by atoms with Crippen molar-refractivity contribution in [3.63, 3.8) is 0 Å². The van der Waals surface area contributed by atoms with Crippen LogP contribution in [0.5, 0.6) is 0 Å². The number of carbonyl (C=O) groups is 1. The Hall–Kier alpha value is -0.260. The normalized spacial score (nSPS) is 29.6. The molecule has 2 unspecified atom stereocenters. The van der Waals surface area contributed by atoms with Crippen molar-refractivity contribution < 1.29 is 9.90 Å². The second kappa shape index (κ2) is 6.61. The Morgan fingerprint density at radius 1 is 1.53 bits per heavy atom. The maximum atomic E-state index is 12.1. The molecule has 0 aromatic rings. The molecule has 0 aliphatic carbocycles. The molecule has 2 saturated heterocycles. The second-order valence-corrected chi connectivity index (χ2v) is 6.09. The molecule has 5 heteroatoms. The highest BCUT2D eigenvalue weighted by molar-refractivity contribution is 7.99. The largest absolute Gasteiger partial charge is 0.396 e. The SMILES string of the molecule is O=C(CC1CSCCN1)N1CCC(CCO)C1. The van der Waals surface area contributed by atoms with E-state index in [9.17, 15) is 4.79 Å². The molecule has 0 bridgehead atoms. The van der Waals surface area contributed by atoms with Gasteiger partial charge in [-0.15, -0.1) is 0 Å². The molecule has 2 aliphatic rings. The molecule has 2 rings (SSSR count). The highest BCUT2D eigenvalue weighted by Gasteiger charge is 2.27. The van der Waals surface area contributed by atoms with Gasteiger partial charge in [-0.25, -0.2) is 0 Å². The van der Waals surface area contributed by atoms with Crippen LogP contribution in [0.15, 0.2) is 0 Å². The monoisotopic (exact) mass is 258 g/mol. The third-order valence-corrected chi connectivity index (χ3v) is 4.73. The molecule has 0 spiro atoms. The Kier molecular flexibility index (Phi) is 5.13. The lowest BCUT2D eigenvalue weighted by Gasteiger charge is -2.25. The van der Waals surface area contributed by atoms with Crippen molar-refractivity contribution in [1.29, 1.82) is 0 Å². The Labute approximate surface area is 107 Å². The number of hydrogen-bond donors (Lipinski definition) is 2. The summed E-state index contributed by atoms with van der Waals surface area (Å²) in [4.78, 5) is 14.1. The molecule has 0 saturated carbocycles. The van der Waals surface area contributed by atoms with Crippen LogP contribution in [0.2, 0.25) is 0 Å². The Balaban J connectivity index is 1.72. The molecule has 0 aromatic carbocycles. The molecular weight excluding hydrogens is 236 g/mol. The van der Waals surface area contributed by atoms with Crippen LogP contribution in [0, 0.1) is 5.92 Å². The number of hydrogen-bond acceptors (Lipinski definition) is 4. The molecule has 4 nitrogen and oxygen atoms in total. The van der Waals surface area contributed by atoms with Gasteiger partial charge in [-0.05, 0) is 18.8 Å². The minimum atomic E-state index is 0.244. The number of carbonyl (C=O) groups excluding carboxylic acids is 1. The van der Waals surface area contributed by atoms with Gasteiger partial charge >= 0.3 is 0 Å². The molecule has 98 valence electrons. The predicted molar refractivity (Wildman–Crippen MR) is 70.1 cm³/mol. The topological polar surface area (TPSA) is 52.6 Å². The Morgan fingerprint density at radius 2 is 2.41 bits per heavy atom. The van der Waals surface area contributed by atoms with Gasteiger partial charge in [0.25, 0.3) is 0 Å². The fourth-order valence-electron chi connectivity index (χ4n) is 2.57. The van der Waals surface area contributed by atoms with Crippen molar-refractivity contribution in [1.82, 2.24) is 10.2 Å². The zero-order valence-corrected chi connectivity index (χ0v) is 11.0. The van der Waals surface area contributed by atoms with E-state index in [0.29, 0.717) is 18.4 Å². The van der Waals surface area contributed by atoms with Gasteiger partial charge in [0.15, 0.2) is 0 Å². The van der Waals surface area contributed by atoms with Crippen molar-refractivity contribution in [2.45, 2.75) is 25.3 Å². The lowest BCUT2D eigenvalue weighted by molar-refractivity contribution is -0.130. The highest BCUT2D eigenvalue weighted by Crippen LogP contribution is 2.21. The average molecular weight is 258 g/mol. The zero-order chi connectivity index (χ0) is 12.1. The predicted octanol–water partition coefficient (Wildman–Crippen LogP) is 0.312. The molecule has 2 atom stereocenters. The summed E-state index contributed by atoms with van der Waals surface area (Å²) < 4.78 is 0. The van der Waals surface area contributed by atoms with E-state index < -0.39 is 0 Å². The summed E-state index contributed by atoms with van der Waals surface area (Å²) in [5.41, 5.74) is 0. The third kappa shape index (κ3) is 3.86. The first kappa shape index (κ1) is 13.2.